The van der Waals surface area contributed by atoms with Gasteiger partial charge in [0.1, 0.15) is 10.8 Å². The first-order valence-corrected chi connectivity index (χ1v) is 5.02. The van der Waals surface area contributed by atoms with Crippen molar-refractivity contribution in [1.82, 2.24) is 9.97 Å². The molecule has 1 heterocycles. The molecule has 3 nitrogen and oxygen atoms in total. The summed E-state index contributed by atoms with van der Waals surface area (Å²) in [4.78, 5) is 8.08. The number of nitrogen functional groups attached to an aromatic ring is 1. The molecule has 66 valence electrons. The topological polar surface area (TPSA) is 51.8 Å². The average molecular weight is 183 g/mol. The largest absolute Gasteiger partial charge is 0.382 e. The van der Waals surface area contributed by atoms with E-state index in [4.69, 9.17) is 5.73 Å². The van der Waals surface area contributed by atoms with Crippen LogP contribution in [0.3, 0.4) is 0 Å². The highest BCUT2D eigenvalue weighted by atomic mass is 32.2. The average Bonchev–Trinajstić information content (AvgIpc) is 2.09. The summed E-state index contributed by atoms with van der Waals surface area (Å²) < 4.78 is 0. The molecule has 0 aliphatic rings. The number of hydrogen-bond acceptors (Lipinski definition) is 4. The molecule has 0 saturated heterocycles. The maximum Gasteiger partial charge on any atom is 0.141 e. The van der Waals surface area contributed by atoms with Crippen molar-refractivity contribution < 1.29 is 0 Å². The smallest absolute Gasteiger partial charge is 0.141 e. The van der Waals surface area contributed by atoms with Gasteiger partial charge in [-0.3, -0.25) is 0 Å². The van der Waals surface area contributed by atoms with Gasteiger partial charge in [-0.25, -0.2) is 9.97 Å². The third-order valence-electron chi connectivity index (χ3n) is 1.40. The molecule has 0 aliphatic heterocycles. The fraction of sp³-hybridized carbons (Fsp3) is 0.500. The lowest BCUT2D eigenvalue weighted by molar-refractivity contribution is 0.894. The van der Waals surface area contributed by atoms with Crippen molar-refractivity contribution in [2.75, 3.05) is 11.5 Å². The van der Waals surface area contributed by atoms with Crippen molar-refractivity contribution in [3.63, 3.8) is 0 Å². The third-order valence-corrected chi connectivity index (χ3v) is 2.40. The molecule has 1 aromatic rings. The Morgan fingerprint density at radius 1 is 1.42 bits per heavy atom. The first kappa shape index (κ1) is 9.32. The second-order valence-corrected chi connectivity index (χ2v) is 3.60. The van der Waals surface area contributed by atoms with Crippen LogP contribution in [0.4, 0.5) is 5.82 Å². The van der Waals surface area contributed by atoms with Crippen LogP contribution in [0.15, 0.2) is 17.4 Å². The van der Waals surface area contributed by atoms with E-state index in [0.29, 0.717) is 5.82 Å². The normalized spacial score (nSPS) is 10.1. The van der Waals surface area contributed by atoms with Crippen LogP contribution >= 0.6 is 11.8 Å². The minimum atomic E-state index is 0.481. The van der Waals surface area contributed by atoms with Crippen LogP contribution in [0.2, 0.25) is 0 Å². The van der Waals surface area contributed by atoms with Gasteiger partial charge in [0.2, 0.25) is 0 Å². The molecule has 0 bridgehead atoms. The molecule has 1 aromatic heterocycles. The minimum absolute atomic E-state index is 0.481. The second kappa shape index (κ2) is 4.98. The molecule has 2 N–H and O–H groups in total. The van der Waals surface area contributed by atoms with E-state index < -0.39 is 0 Å². The van der Waals surface area contributed by atoms with Gasteiger partial charge in [-0.15, -0.1) is 11.8 Å². The number of nitrogens with zero attached hydrogens (tertiary/aromatic N) is 2. The van der Waals surface area contributed by atoms with E-state index >= 15 is 0 Å². The number of anilines is 1. The summed E-state index contributed by atoms with van der Waals surface area (Å²) in [6.45, 7) is 2.18. The van der Waals surface area contributed by atoms with Crippen molar-refractivity contribution in [1.29, 1.82) is 0 Å². The molecular weight excluding hydrogens is 170 g/mol. The molecule has 0 spiro atoms. The van der Waals surface area contributed by atoms with E-state index in [0.717, 1.165) is 10.8 Å². The molecule has 4 heteroatoms. The lowest BCUT2D eigenvalue weighted by Gasteiger charge is -1.98. The highest BCUT2D eigenvalue weighted by Gasteiger charge is 1.94. The van der Waals surface area contributed by atoms with Crippen molar-refractivity contribution in [3.05, 3.63) is 12.4 Å². The summed E-state index contributed by atoms with van der Waals surface area (Å²) >= 11 is 1.72. The Labute approximate surface area is 76.8 Å². The summed E-state index contributed by atoms with van der Waals surface area (Å²) in [5, 5.41) is 0.956. The number of rotatable bonds is 4. The molecule has 0 saturated carbocycles. The Bertz CT molecular complexity index is 222. The summed E-state index contributed by atoms with van der Waals surface area (Å²) in [6, 6.07) is 0. The fourth-order valence-corrected chi connectivity index (χ4v) is 1.62. The van der Waals surface area contributed by atoms with Gasteiger partial charge in [0.25, 0.3) is 0 Å². The minimum Gasteiger partial charge on any atom is -0.382 e. The van der Waals surface area contributed by atoms with Gasteiger partial charge in [0.15, 0.2) is 0 Å². The van der Waals surface area contributed by atoms with E-state index in [2.05, 4.69) is 16.9 Å². The molecule has 0 unspecified atom stereocenters. The predicted molar refractivity (Wildman–Crippen MR) is 52.1 cm³/mol. The standard InChI is InChI=1S/C8H13N3S/c1-2-3-4-12-8-6-10-7(9)5-11-8/h5-6H,2-4H2,1H3,(H2,9,10). The van der Waals surface area contributed by atoms with Crippen molar-refractivity contribution >= 4 is 17.6 Å². The van der Waals surface area contributed by atoms with Crippen molar-refractivity contribution in [2.45, 2.75) is 24.8 Å². The summed E-state index contributed by atoms with van der Waals surface area (Å²) in [6.07, 6.45) is 5.75. The molecule has 0 fully saturated rings. The Balaban J connectivity index is 2.37. The van der Waals surface area contributed by atoms with Gasteiger partial charge < -0.3 is 5.73 Å². The summed E-state index contributed by atoms with van der Waals surface area (Å²) in [5.41, 5.74) is 5.40. The summed E-state index contributed by atoms with van der Waals surface area (Å²) in [7, 11) is 0. The highest BCUT2D eigenvalue weighted by molar-refractivity contribution is 7.99. The Kier molecular flexibility index (Phi) is 3.87. The Morgan fingerprint density at radius 2 is 2.25 bits per heavy atom. The zero-order valence-corrected chi connectivity index (χ0v) is 7.97. The van der Waals surface area contributed by atoms with E-state index in [9.17, 15) is 0 Å². The molecule has 0 atom stereocenters. The Hall–Kier alpha value is -0.770. The summed E-state index contributed by atoms with van der Waals surface area (Å²) in [5.74, 6) is 1.59. The van der Waals surface area contributed by atoms with Crippen LogP contribution in [-0.2, 0) is 0 Å². The van der Waals surface area contributed by atoms with Crippen LogP contribution in [-0.4, -0.2) is 15.7 Å². The van der Waals surface area contributed by atoms with Crippen LogP contribution in [0.1, 0.15) is 19.8 Å². The molecule has 1 rings (SSSR count). The van der Waals surface area contributed by atoms with Gasteiger partial charge in [0.05, 0.1) is 12.4 Å². The molecule has 0 aliphatic carbocycles. The van der Waals surface area contributed by atoms with Crippen molar-refractivity contribution in [3.8, 4) is 0 Å². The first-order chi connectivity index (χ1) is 5.83. The zero-order chi connectivity index (χ0) is 8.81. The van der Waals surface area contributed by atoms with Gasteiger partial charge in [-0.1, -0.05) is 13.3 Å². The molecule has 0 amide bonds. The monoisotopic (exact) mass is 183 g/mol. The second-order valence-electron chi connectivity index (χ2n) is 2.48. The van der Waals surface area contributed by atoms with Gasteiger partial charge in [0, 0.05) is 0 Å². The number of nitrogens with two attached hydrogens (primary N) is 1. The number of thioether (sulfide) groups is 1. The maximum atomic E-state index is 5.40. The molecule has 0 aromatic carbocycles. The molecular formula is C8H13N3S. The van der Waals surface area contributed by atoms with E-state index in [1.165, 1.54) is 12.8 Å². The SMILES string of the molecule is CCCCSc1cnc(N)cn1. The highest BCUT2D eigenvalue weighted by Crippen LogP contribution is 2.15. The van der Waals surface area contributed by atoms with E-state index in [-0.39, 0.29) is 0 Å². The fourth-order valence-electron chi connectivity index (χ4n) is 0.722. The van der Waals surface area contributed by atoms with Gasteiger partial charge in [-0.2, -0.15) is 0 Å². The first-order valence-electron chi connectivity index (χ1n) is 4.03. The van der Waals surface area contributed by atoms with E-state index in [1.807, 2.05) is 0 Å². The third kappa shape index (κ3) is 3.09. The number of hydrogen-bond donors (Lipinski definition) is 1. The van der Waals surface area contributed by atoms with Crippen LogP contribution in [0, 0.1) is 0 Å². The van der Waals surface area contributed by atoms with E-state index in [1.54, 1.807) is 24.2 Å². The van der Waals surface area contributed by atoms with Crippen LogP contribution in [0.5, 0.6) is 0 Å². The predicted octanol–water partition coefficient (Wildman–Crippen LogP) is 1.95. The lowest BCUT2D eigenvalue weighted by atomic mass is 10.4. The lowest BCUT2D eigenvalue weighted by Crippen LogP contribution is -1.91. The number of aromatic nitrogens is 2. The maximum absolute atomic E-state index is 5.40. The quantitative estimate of drug-likeness (QED) is 0.572. The Morgan fingerprint density at radius 3 is 2.83 bits per heavy atom. The zero-order valence-electron chi connectivity index (χ0n) is 7.16. The van der Waals surface area contributed by atoms with Gasteiger partial charge in [-0.05, 0) is 12.2 Å². The van der Waals surface area contributed by atoms with Crippen molar-refractivity contribution in [2.24, 2.45) is 0 Å². The van der Waals surface area contributed by atoms with Crippen LogP contribution < -0.4 is 5.73 Å². The number of unbranched alkanes of at least 4 members (excludes halogenated alkanes) is 1. The van der Waals surface area contributed by atoms with Crippen LogP contribution in [0.25, 0.3) is 0 Å². The van der Waals surface area contributed by atoms with Gasteiger partial charge >= 0.3 is 0 Å². The molecule has 12 heavy (non-hydrogen) atoms. The molecule has 0 radical (unpaired) electrons.